The summed E-state index contributed by atoms with van der Waals surface area (Å²) in [5.41, 5.74) is 3.53. The van der Waals surface area contributed by atoms with Crippen molar-refractivity contribution >= 4 is 156 Å². The average Bonchev–Trinajstić information content (AvgIpc) is 0.928. The number of nitrogens with zero attached hydrogens (tertiary/aromatic N) is 4. The number of benzene rings is 11. The van der Waals surface area contributed by atoms with Crippen molar-refractivity contribution in [2.24, 2.45) is 0 Å². The van der Waals surface area contributed by atoms with E-state index in [1.807, 2.05) is 243 Å². The van der Waals surface area contributed by atoms with Crippen molar-refractivity contribution in [2.75, 3.05) is 0 Å². The molecule has 8 bridgehead atoms. The number of hydrogen-bond acceptors (Lipinski definition) is 14. The van der Waals surface area contributed by atoms with Gasteiger partial charge in [-0.2, -0.15) is 0 Å². The Balaban J connectivity index is 1.02. The Morgan fingerprint density at radius 1 is 0.191 bits per heavy atom. The third-order valence-electron chi connectivity index (χ3n) is 17.7. The van der Waals surface area contributed by atoms with Crippen molar-refractivity contribution in [3.05, 3.63) is 315 Å². The molecule has 6 aliphatic heterocycles. The lowest BCUT2D eigenvalue weighted by Crippen LogP contribution is -2.96. The van der Waals surface area contributed by atoms with Crippen molar-refractivity contribution < 1.29 is 49.4 Å². The molecule has 6 saturated heterocycles. The molecule has 94 heavy (non-hydrogen) atoms. The zero-order valence-electron chi connectivity index (χ0n) is 49.7. The molecule has 3 aromatic heterocycles. The molecule has 0 unspecified atom stereocenters. The summed E-state index contributed by atoms with van der Waals surface area (Å²) in [4.78, 5) is 11.8. The van der Waals surface area contributed by atoms with E-state index < -0.39 is 70.4 Å². The predicted octanol–water partition coefficient (Wildman–Crippen LogP) is 8.01. The maximum absolute atomic E-state index is 8.65. The van der Waals surface area contributed by atoms with Crippen molar-refractivity contribution in [2.45, 2.75) is 0 Å². The second-order valence-corrected chi connectivity index (χ2v) is 46.6. The minimum absolute atomic E-state index is 0.00902. The summed E-state index contributed by atoms with van der Waals surface area (Å²) in [6, 6.07) is 103. The highest BCUT2D eigenvalue weighted by molar-refractivity contribution is 7.14. The van der Waals surface area contributed by atoms with Crippen LogP contribution in [0.5, 0.6) is 0 Å². The summed E-state index contributed by atoms with van der Waals surface area (Å²) in [6.45, 7) is 0. The molecule has 0 atom stereocenters. The van der Waals surface area contributed by atoms with Crippen LogP contribution < -0.4 is 41.8 Å². The highest BCUT2D eigenvalue weighted by Crippen LogP contribution is 2.49. The Bertz CT molecular complexity index is 4730. The van der Waals surface area contributed by atoms with Crippen LogP contribution in [0.15, 0.2) is 315 Å². The Morgan fingerprint density at radius 2 is 0.362 bits per heavy atom. The van der Waals surface area contributed by atoms with E-state index in [1.54, 1.807) is 0 Å². The van der Waals surface area contributed by atoms with Gasteiger partial charge < -0.3 is 49.4 Å². The van der Waals surface area contributed by atoms with Crippen LogP contribution in [0.4, 0.5) is 0 Å². The van der Waals surface area contributed by atoms with E-state index in [1.165, 1.54) is 0 Å². The van der Waals surface area contributed by atoms with E-state index in [9.17, 15) is 0 Å². The highest BCUT2D eigenvalue weighted by atomic mass is 28.6. The molecule has 0 amide bonds. The molecule has 0 radical (unpaired) electrons. The van der Waals surface area contributed by atoms with Gasteiger partial charge in [0.2, 0.25) is 5.45 Å². The van der Waals surface area contributed by atoms with Crippen molar-refractivity contribution in [1.29, 1.82) is 0 Å². The number of para-hydroxylation sites is 4. The molecule has 6 aliphatic rings. The van der Waals surface area contributed by atoms with E-state index in [2.05, 4.69) is 81.9 Å². The first-order valence-corrected chi connectivity index (χ1v) is 44.7. The molecule has 14 aromatic rings. The third kappa shape index (κ3) is 8.67. The monoisotopic (exact) mass is 1360 g/mol. The molecule has 11 aromatic carbocycles. The van der Waals surface area contributed by atoms with Crippen LogP contribution in [0.1, 0.15) is 0 Å². The molecule has 9 heterocycles. The number of aromatic nitrogens is 4. The average molecular weight is 1370 g/mol. The van der Waals surface area contributed by atoms with Crippen LogP contribution in [0.3, 0.4) is 0 Å². The fraction of sp³-hybridized carbons (Fsp3) is 0. The normalized spacial score (nSPS) is 27.8. The van der Waals surface area contributed by atoms with Crippen LogP contribution in [0.2, 0.25) is 0 Å². The van der Waals surface area contributed by atoms with Gasteiger partial charge in [0.25, 0.3) is 0 Å². The van der Waals surface area contributed by atoms with Crippen molar-refractivity contribution in [1.82, 2.24) is 19.1 Å². The molecule has 16 nitrogen and oxygen atoms in total. The summed E-state index contributed by atoms with van der Waals surface area (Å²) in [7, 11) is -41.0. The van der Waals surface area contributed by atoms with E-state index in [0.29, 0.717) is 47.9 Å². The van der Waals surface area contributed by atoms with Crippen LogP contribution in [-0.2, 0) is 49.4 Å². The molecule has 0 spiro atoms. The molecule has 456 valence electrons. The lowest BCUT2D eigenvalue weighted by atomic mass is 10.2. The van der Waals surface area contributed by atoms with E-state index >= 15 is 0 Å². The summed E-state index contributed by atoms with van der Waals surface area (Å²) in [5, 5.41) is 7.53. The Morgan fingerprint density at radius 3 is 0.564 bits per heavy atom. The highest BCUT2D eigenvalue weighted by Gasteiger charge is 2.87. The van der Waals surface area contributed by atoms with Gasteiger partial charge in [0, 0.05) is 63.9 Å². The molecule has 0 aliphatic carbocycles. The predicted molar refractivity (Wildman–Crippen MR) is 372 cm³/mol. The third-order valence-corrected chi connectivity index (χ3v) is 51.6. The van der Waals surface area contributed by atoms with Crippen LogP contribution in [-0.4, -0.2) is 89.5 Å². The minimum atomic E-state index is -5.54. The zero-order chi connectivity index (χ0) is 62.2. The van der Waals surface area contributed by atoms with Gasteiger partial charge in [0.05, 0.1) is 22.1 Å². The fourth-order valence-electron chi connectivity index (χ4n) is 13.6. The topological polar surface area (TPSA) is 146 Å². The second-order valence-electron chi connectivity index (χ2n) is 23.4. The summed E-state index contributed by atoms with van der Waals surface area (Å²) in [5.74, 6) is 0.916. The van der Waals surface area contributed by atoms with Gasteiger partial charge in [0.1, 0.15) is 11.6 Å². The zero-order valence-corrected chi connectivity index (χ0v) is 57.7. The lowest BCUT2D eigenvalue weighted by molar-refractivity contribution is -0.00345. The van der Waals surface area contributed by atoms with Crippen LogP contribution in [0, 0.1) is 0 Å². The largest absolute Gasteiger partial charge is 0.555 e. The smallest absolute Gasteiger partial charge is 0.366 e. The van der Waals surface area contributed by atoms with Gasteiger partial charge in [-0.3, -0.25) is 9.13 Å². The maximum Gasteiger partial charge on any atom is 0.555 e. The van der Waals surface area contributed by atoms with Crippen LogP contribution in [0.25, 0.3) is 55.2 Å². The summed E-state index contributed by atoms with van der Waals surface area (Å²) < 4.78 is 106. The number of rotatable bonds is 10. The Kier molecular flexibility index (Phi) is 13.0. The van der Waals surface area contributed by atoms with Crippen molar-refractivity contribution in [3.8, 4) is 11.6 Å². The van der Waals surface area contributed by atoms with E-state index in [0.717, 1.165) is 43.6 Å². The van der Waals surface area contributed by atoms with Gasteiger partial charge in [-0.15, -0.1) is 0 Å². The fourth-order valence-corrected chi connectivity index (χ4v) is 59.3. The lowest BCUT2D eigenvalue weighted by Gasteiger charge is -2.62. The SMILES string of the molecule is c1ccc([Si]23O[Si]4(c5ccccc5)O[Si]5(c6ccccc6)O[Si](c6ccccc6)(O2)O[Si]2(c6ccccc6)O[Si](c6ccccc6)(O3)O[Si](c3ccccc3)(O4)O[Si](c3nc(-n4c6ccccc6c6ccccc64)cc(-n4c6ccccc6c6ccccc64)n3)(O5)O2)cc1. The molecule has 20 rings (SSSR count). The van der Waals surface area contributed by atoms with E-state index in [4.69, 9.17) is 59.3 Å². The summed E-state index contributed by atoms with van der Waals surface area (Å²) >= 11 is 0. The first-order valence-electron chi connectivity index (χ1n) is 30.9. The molecule has 6 fully saturated rings. The summed E-state index contributed by atoms with van der Waals surface area (Å²) in [6.07, 6.45) is 0. The number of hydrogen-bond donors (Lipinski definition) is 0. The van der Waals surface area contributed by atoms with Gasteiger partial charge >= 0.3 is 70.4 Å². The van der Waals surface area contributed by atoms with Gasteiger partial charge in [-0.05, 0) is 24.3 Å². The minimum Gasteiger partial charge on any atom is -0.366 e. The molecule has 24 heteroatoms. The molecule has 0 saturated carbocycles. The first-order chi connectivity index (χ1) is 46.2. The molecular formula is C70H52N4O12Si8. The number of fused-ring (bicyclic) bond motifs is 6. The Hall–Kier alpha value is -8.64. The Labute approximate surface area is 547 Å². The quantitative estimate of drug-likeness (QED) is 0.122. The van der Waals surface area contributed by atoms with Crippen LogP contribution >= 0.6 is 0 Å². The van der Waals surface area contributed by atoms with E-state index in [-0.39, 0.29) is 5.45 Å². The molecular weight excluding hydrogens is 1310 g/mol. The standard InChI is InChI=1S/C70H52N4O12Si8/c1-8-30-53(31-9-1)87-75-88(54-32-10-2-11-33-54)78-91(57-38-16-5-17-39-57)80-89(76-87,55-34-12-3-13-35-55)82-93(59-42-20-7-21-43-59)83-90(77-87,56-36-14-4-15-37-56)81-92(79-88,58-40-18-6-19-41-58)85-94(84-91,86-93)70-71-68(73-64-48-26-22-44-60(64)61-45-23-27-49-65(61)73)52-69(72-70)74-66-50-28-24-46-62(66)63-47-25-29-51-67(63)74/h1-52H. The van der Waals surface area contributed by atoms with Gasteiger partial charge in [0.15, 0.2) is 0 Å². The van der Waals surface area contributed by atoms with Gasteiger partial charge in [-0.1, -0.05) is 285 Å². The molecule has 0 N–H and O–H groups in total. The first kappa shape index (κ1) is 56.9. The van der Waals surface area contributed by atoms with Crippen molar-refractivity contribution in [3.63, 3.8) is 0 Å². The maximum atomic E-state index is 8.65. The second kappa shape index (κ2) is 21.4. The van der Waals surface area contributed by atoms with Gasteiger partial charge in [-0.25, -0.2) is 9.97 Å².